The maximum absolute atomic E-state index is 9.98. The molecule has 1 aromatic rings. The van der Waals surface area contributed by atoms with E-state index in [9.17, 15) is 5.11 Å². The average Bonchev–Trinajstić information content (AvgIpc) is 2.39. The Morgan fingerprint density at radius 1 is 1.35 bits per heavy atom. The Hall–Kier alpha value is -0.930. The van der Waals surface area contributed by atoms with Crippen LogP contribution in [0.4, 0.5) is 0 Å². The summed E-state index contributed by atoms with van der Waals surface area (Å²) < 4.78 is 5.45. The van der Waals surface area contributed by atoms with E-state index in [4.69, 9.17) is 4.74 Å². The lowest BCUT2D eigenvalue weighted by Gasteiger charge is -2.19. The van der Waals surface area contributed by atoms with Gasteiger partial charge in [0.15, 0.2) is 0 Å². The minimum absolute atomic E-state index is 0.485. The van der Waals surface area contributed by atoms with Gasteiger partial charge in [-0.05, 0) is 38.0 Å². The molecule has 92 valence electrons. The Morgan fingerprint density at radius 2 is 2.12 bits per heavy atom. The molecule has 1 aromatic carbocycles. The SMILES string of the molecule is Cc1ccc(SCC(O)C2=CCCCO2)cc1. The van der Waals surface area contributed by atoms with Crippen LogP contribution < -0.4 is 0 Å². The van der Waals surface area contributed by atoms with Gasteiger partial charge in [0.25, 0.3) is 0 Å². The highest BCUT2D eigenvalue weighted by atomic mass is 32.2. The summed E-state index contributed by atoms with van der Waals surface area (Å²) in [6.07, 6.45) is 3.59. The number of rotatable bonds is 4. The summed E-state index contributed by atoms with van der Waals surface area (Å²) in [4.78, 5) is 1.19. The summed E-state index contributed by atoms with van der Waals surface area (Å²) in [5, 5.41) is 9.98. The maximum Gasteiger partial charge on any atom is 0.121 e. The zero-order valence-corrected chi connectivity index (χ0v) is 10.9. The van der Waals surface area contributed by atoms with Crippen LogP contribution in [0.5, 0.6) is 0 Å². The molecule has 0 bridgehead atoms. The van der Waals surface area contributed by atoms with Gasteiger partial charge in [-0.2, -0.15) is 0 Å². The summed E-state index contributed by atoms with van der Waals surface area (Å²) in [7, 11) is 0. The Morgan fingerprint density at radius 3 is 2.76 bits per heavy atom. The highest BCUT2D eigenvalue weighted by molar-refractivity contribution is 7.99. The summed E-state index contributed by atoms with van der Waals surface area (Å²) >= 11 is 1.66. The van der Waals surface area contributed by atoms with Crippen molar-refractivity contribution < 1.29 is 9.84 Å². The molecule has 1 N–H and O–H groups in total. The molecule has 0 fully saturated rings. The average molecular weight is 250 g/mol. The van der Waals surface area contributed by atoms with Crippen molar-refractivity contribution in [3.05, 3.63) is 41.7 Å². The van der Waals surface area contributed by atoms with E-state index in [1.54, 1.807) is 11.8 Å². The molecule has 1 aliphatic rings. The van der Waals surface area contributed by atoms with Crippen molar-refractivity contribution in [3.63, 3.8) is 0 Å². The van der Waals surface area contributed by atoms with Crippen molar-refractivity contribution in [3.8, 4) is 0 Å². The standard InChI is InChI=1S/C14H18O2S/c1-11-5-7-12(8-6-11)17-10-13(15)14-4-2-3-9-16-14/h4-8,13,15H,2-3,9-10H2,1H3. The van der Waals surface area contributed by atoms with Crippen LogP contribution in [0.2, 0.25) is 0 Å². The van der Waals surface area contributed by atoms with Gasteiger partial charge in [-0.15, -0.1) is 11.8 Å². The maximum atomic E-state index is 9.98. The van der Waals surface area contributed by atoms with Crippen molar-refractivity contribution in [2.75, 3.05) is 12.4 Å². The van der Waals surface area contributed by atoms with Gasteiger partial charge >= 0.3 is 0 Å². The first-order chi connectivity index (χ1) is 8.25. The van der Waals surface area contributed by atoms with Crippen LogP contribution >= 0.6 is 11.8 Å². The molecule has 2 rings (SSSR count). The lowest BCUT2D eigenvalue weighted by atomic mass is 10.2. The van der Waals surface area contributed by atoms with E-state index >= 15 is 0 Å². The highest BCUT2D eigenvalue weighted by Gasteiger charge is 2.14. The fraction of sp³-hybridized carbons (Fsp3) is 0.429. The second-order valence-corrected chi connectivity index (χ2v) is 5.33. The number of allylic oxidation sites excluding steroid dienone is 1. The Labute approximate surface area is 107 Å². The van der Waals surface area contributed by atoms with Crippen molar-refractivity contribution in [1.82, 2.24) is 0 Å². The van der Waals surface area contributed by atoms with Crippen molar-refractivity contribution in [2.45, 2.75) is 30.8 Å². The first kappa shape index (κ1) is 12.5. The van der Waals surface area contributed by atoms with E-state index in [-0.39, 0.29) is 0 Å². The van der Waals surface area contributed by atoms with Crippen molar-refractivity contribution in [2.24, 2.45) is 0 Å². The molecule has 3 heteroatoms. The third-order valence-electron chi connectivity index (χ3n) is 2.72. The molecule has 2 nitrogen and oxygen atoms in total. The molecular formula is C14H18O2S. The Bertz CT molecular complexity index is 384. The molecule has 0 saturated heterocycles. The van der Waals surface area contributed by atoms with Crippen LogP contribution in [-0.2, 0) is 4.74 Å². The number of aliphatic hydroxyl groups is 1. The number of thioether (sulfide) groups is 1. The molecule has 1 heterocycles. The first-order valence-corrected chi connectivity index (χ1v) is 6.94. The second-order valence-electron chi connectivity index (χ2n) is 4.24. The molecule has 0 radical (unpaired) electrons. The number of ether oxygens (including phenoxy) is 1. The van der Waals surface area contributed by atoms with E-state index in [2.05, 4.69) is 31.2 Å². The van der Waals surface area contributed by atoms with Crippen molar-refractivity contribution in [1.29, 1.82) is 0 Å². The summed E-state index contributed by atoms with van der Waals surface area (Å²) in [5.41, 5.74) is 1.26. The topological polar surface area (TPSA) is 29.5 Å². The molecule has 0 spiro atoms. The lowest BCUT2D eigenvalue weighted by molar-refractivity contribution is 0.104. The first-order valence-electron chi connectivity index (χ1n) is 5.96. The van der Waals surface area contributed by atoms with E-state index in [0.717, 1.165) is 25.2 Å². The highest BCUT2D eigenvalue weighted by Crippen LogP contribution is 2.23. The lowest BCUT2D eigenvalue weighted by Crippen LogP contribution is -2.18. The summed E-state index contributed by atoms with van der Waals surface area (Å²) in [6.45, 7) is 2.81. The molecule has 0 aliphatic carbocycles. The molecule has 17 heavy (non-hydrogen) atoms. The van der Waals surface area contributed by atoms with Gasteiger partial charge in [0.1, 0.15) is 11.9 Å². The molecule has 1 unspecified atom stereocenters. The molecule has 1 atom stereocenters. The van der Waals surface area contributed by atoms with E-state index < -0.39 is 6.10 Å². The van der Waals surface area contributed by atoms with Gasteiger partial charge in [-0.25, -0.2) is 0 Å². The van der Waals surface area contributed by atoms with Crippen LogP contribution in [-0.4, -0.2) is 23.6 Å². The monoisotopic (exact) mass is 250 g/mol. The number of aryl methyl sites for hydroxylation is 1. The van der Waals surface area contributed by atoms with Crippen LogP contribution in [0.3, 0.4) is 0 Å². The van der Waals surface area contributed by atoms with Gasteiger partial charge < -0.3 is 9.84 Å². The summed E-state index contributed by atoms with van der Waals surface area (Å²) in [5.74, 6) is 1.39. The Balaban J connectivity index is 1.85. The minimum Gasteiger partial charge on any atom is -0.495 e. The predicted octanol–water partition coefficient (Wildman–Crippen LogP) is 3.14. The number of benzene rings is 1. The van der Waals surface area contributed by atoms with Gasteiger partial charge in [-0.3, -0.25) is 0 Å². The molecule has 0 aromatic heterocycles. The molecule has 0 amide bonds. The van der Waals surface area contributed by atoms with Crippen molar-refractivity contribution >= 4 is 11.8 Å². The van der Waals surface area contributed by atoms with Crippen LogP contribution in [0.25, 0.3) is 0 Å². The molecule has 0 saturated carbocycles. The molecular weight excluding hydrogens is 232 g/mol. The number of hydrogen-bond acceptors (Lipinski definition) is 3. The quantitative estimate of drug-likeness (QED) is 0.832. The minimum atomic E-state index is -0.485. The largest absolute Gasteiger partial charge is 0.495 e. The van der Waals surface area contributed by atoms with Crippen LogP contribution in [0, 0.1) is 6.92 Å². The van der Waals surface area contributed by atoms with E-state index in [1.807, 2.05) is 6.08 Å². The van der Waals surface area contributed by atoms with Crippen LogP contribution in [0.15, 0.2) is 41.0 Å². The fourth-order valence-corrected chi connectivity index (χ4v) is 2.54. The normalized spacial score (nSPS) is 17.2. The second kappa shape index (κ2) is 6.12. The van der Waals surface area contributed by atoms with Crippen LogP contribution in [0.1, 0.15) is 18.4 Å². The Kier molecular flexibility index (Phi) is 4.51. The van der Waals surface area contributed by atoms with E-state index in [0.29, 0.717) is 5.75 Å². The molecule has 1 aliphatic heterocycles. The zero-order valence-electron chi connectivity index (χ0n) is 10.1. The smallest absolute Gasteiger partial charge is 0.121 e. The van der Waals surface area contributed by atoms with E-state index in [1.165, 1.54) is 10.5 Å². The predicted molar refractivity (Wildman–Crippen MR) is 71.2 cm³/mol. The van der Waals surface area contributed by atoms with Gasteiger partial charge in [0.05, 0.1) is 6.61 Å². The number of aliphatic hydroxyl groups excluding tert-OH is 1. The third kappa shape index (κ3) is 3.79. The third-order valence-corrected chi connectivity index (χ3v) is 3.81. The summed E-state index contributed by atoms with van der Waals surface area (Å²) in [6, 6.07) is 8.35. The van der Waals surface area contributed by atoms with Gasteiger partial charge in [0, 0.05) is 10.6 Å². The number of hydrogen-bond donors (Lipinski definition) is 1. The van der Waals surface area contributed by atoms with Gasteiger partial charge in [0.2, 0.25) is 0 Å². The fourth-order valence-electron chi connectivity index (χ4n) is 1.70. The zero-order chi connectivity index (χ0) is 12.1. The van der Waals surface area contributed by atoms with Gasteiger partial charge in [-0.1, -0.05) is 17.7 Å².